The van der Waals surface area contributed by atoms with Crippen molar-refractivity contribution >= 4 is 5.69 Å². The molecule has 0 unspecified atom stereocenters. The minimum atomic E-state index is -0.151. The van der Waals surface area contributed by atoms with Gasteiger partial charge in [-0.15, -0.1) is 0 Å². The average molecular weight is 286 g/mol. The van der Waals surface area contributed by atoms with E-state index in [9.17, 15) is 4.39 Å². The molecule has 0 aliphatic heterocycles. The van der Waals surface area contributed by atoms with Crippen LogP contribution in [0.3, 0.4) is 0 Å². The fraction of sp³-hybridized carbons (Fsp3) is 0.333. The summed E-state index contributed by atoms with van der Waals surface area (Å²) in [4.78, 5) is 2.32. The molecule has 0 saturated carbocycles. The summed E-state index contributed by atoms with van der Waals surface area (Å²) in [6.07, 6.45) is 0. The molecule has 0 heterocycles. The van der Waals surface area contributed by atoms with Crippen LogP contribution in [-0.4, -0.2) is 13.1 Å². The fourth-order valence-corrected chi connectivity index (χ4v) is 2.40. The predicted octanol–water partition coefficient (Wildman–Crippen LogP) is 3.96. The van der Waals surface area contributed by atoms with Crippen LogP contribution in [0.2, 0.25) is 0 Å². The molecular weight excluding hydrogens is 263 g/mol. The highest BCUT2D eigenvalue weighted by Gasteiger charge is 2.02. The summed E-state index contributed by atoms with van der Waals surface area (Å²) in [5.74, 6) is -0.151. The van der Waals surface area contributed by atoms with Crippen molar-refractivity contribution in [1.29, 1.82) is 0 Å². The second-order valence-corrected chi connectivity index (χ2v) is 5.03. The zero-order chi connectivity index (χ0) is 15.1. The van der Waals surface area contributed by atoms with Crippen molar-refractivity contribution in [3.8, 4) is 0 Å². The van der Waals surface area contributed by atoms with E-state index < -0.39 is 0 Å². The number of anilines is 1. The van der Waals surface area contributed by atoms with Gasteiger partial charge in [0.05, 0.1) is 0 Å². The molecule has 2 nitrogen and oxygen atoms in total. The summed E-state index contributed by atoms with van der Waals surface area (Å²) in [5.41, 5.74) is 3.16. The van der Waals surface area contributed by atoms with Gasteiger partial charge in [0.2, 0.25) is 0 Å². The smallest absolute Gasteiger partial charge is 0.127 e. The molecule has 2 aromatic rings. The van der Waals surface area contributed by atoms with Gasteiger partial charge in [-0.1, -0.05) is 30.3 Å². The van der Waals surface area contributed by atoms with Gasteiger partial charge >= 0.3 is 0 Å². The van der Waals surface area contributed by atoms with Gasteiger partial charge in [-0.25, -0.2) is 4.39 Å². The molecule has 0 radical (unpaired) electrons. The Labute approximate surface area is 126 Å². The van der Waals surface area contributed by atoms with Gasteiger partial charge in [0.15, 0.2) is 0 Å². The first-order valence-electron chi connectivity index (χ1n) is 7.52. The van der Waals surface area contributed by atoms with Gasteiger partial charge in [0.25, 0.3) is 0 Å². The van der Waals surface area contributed by atoms with Gasteiger partial charge in [0, 0.05) is 37.4 Å². The third kappa shape index (κ3) is 4.30. The van der Waals surface area contributed by atoms with Gasteiger partial charge in [-0.2, -0.15) is 0 Å². The summed E-state index contributed by atoms with van der Waals surface area (Å²) in [5, 5.41) is 3.28. The van der Waals surface area contributed by atoms with Gasteiger partial charge in [-0.3, -0.25) is 0 Å². The van der Waals surface area contributed by atoms with Crippen LogP contribution in [0.1, 0.15) is 25.0 Å². The standard InChI is InChI=1S/C18H23FN2/c1-3-21(4-2)17-11-9-15(10-12-17)13-20-14-16-7-5-6-8-18(16)19/h5-12,20H,3-4,13-14H2,1-2H3. The van der Waals surface area contributed by atoms with E-state index in [-0.39, 0.29) is 5.82 Å². The topological polar surface area (TPSA) is 15.3 Å². The molecule has 0 atom stereocenters. The summed E-state index contributed by atoms with van der Waals surface area (Å²) in [6, 6.07) is 15.4. The molecule has 0 amide bonds. The normalized spacial score (nSPS) is 10.6. The number of hydrogen-bond donors (Lipinski definition) is 1. The maximum atomic E-state index is 13.5. The van der Waals surface area contributed by atoms with E-state index in [1.807, 2.05) is 12.1 Å². The molecule has 2 aromatic carbocycles. The highest BCUT2D eigenvalue weighted by atomic mass is 19.1. The van der Waals surface area contributed by atoms with Crippen molar-refractivity contribution < 1.29 is 4.39 Å². The number of nitrogens with one attached hydrogen (secondary N) is 1. The molecule has 0 aliphatic rings. The molecule has 1 N–H and O–H groups in total. The Kier molecular flexibility index (Phi) is 5.76. The van der Waals surface area contributed by atoms with Crippen LogP contribution in [0.25, 0.3) is 0 Å². The monoisotopic (exact) mass is 286 g/mol. The molecule has 0 saturated heterocycles. The van der Waals surface area contributed by atoms with Gasteiger partial charge in [0.1, 0.15) is 5.82 Å². The first-order chi connectivity index (χ1) is 10.2. The van der Waals surface area contributed by atoms with Gasteiger partial charge < -0.3 is 10.2 Å². The van der Waals surface area contributed by atoms with Gasteiger partial charge in [-0.05, 0) is 37.6 Å². The Hall–Kier alpha value is -1.87. The van der Waals surface area contributed by atoms with Crippen molar-refractivity contribution in [3.05, 3.63) is 65.5 Å². The molecule has 0 spiro atoms. The summed E-state index contributed by atoms with van der Waals surface area (Å²) in [6.45, 7) is 7.64. The zero-order valence-electron chi connectivity index (χ0n) is 12.8. The van der Waals surface area contributed by atoms with E-state index >= 15 is 0 Å². The van der Waals surface area contributed by atoms with Crippen molar-refractivity contribution in [2.24, 2.45) is 0 Å². The molecular formula is C18H23FN2. The first kappa shape index (κ1) is 15.5. The molecule has 0 fully saturated rings. The summed E-state index contributed by atoms with van der Waals surface area (Å²) >= 11 is 0. The third-order valence-corrected chi connectivity index (χ3v) is 3.67. The van der Waals surface area contributed by atoms with Crippen LogP contribution in [0, 0.1) is 5.82 Å². The first-order valence-corrected chi connectivity index (χ1v) is 7.52. The SMILES string of the molecule is CCN(CC)c1ccc(CNCc2ccccc2F)cc1. The molecule has 3 heteroatoms. The Balaban J connectivity index is 1.88. The average Bonchev–Trinajstić information content (AvgIpc) is 2.52. The Morgan fingerprint density at radius 3 is 2.19 bits per heavy atom. The van der Waals surface area contributed by atoms with Crippen molar-refractivity contribution in [1.82, 2.24) is 5.32 Å². The number of halogens is 1. The molecule has 2 rings (SSSR count). The largest absolute Gasteiger partial charge is 0.372 e. The van der Waals surface area contributed by atoms with E-state index in [1.165, 1.54) is 17.3 Å². The molecule has 0 bridgehead atoms. The lowest BCUT2D eigenvalue weighted by Crippen LogP contribution is -2.21. The Morgan fingerprint density at radius 2 is 1.57 bits per heavy atom. The lowest BCUT2D eigenvalue weighted by Gasteiger charge is -2.21. The molecule has 0 aromatic heterocycles. The molecule has 21 heavy (non-hydrogen) atoms. The third-order valence-electron chi connectivity index (χ3n) is 3.67. The van der Waals surface area contributed by atoms with Crippen LogP contribution in [0.5, 0.6) is 0 Å². The minimum absolute atomic E-state index is 0.151. The lowest BCUT2D eigenvalue weighted by atomic mass is 10.1. The van der Waals surface area contributed by atoms with Crippen LogP contribution in [-0.2, 0) is 13.1 Å². The summed E-state index contributed by atoms with van der Waals surface area (Å²) in [7, 11) is 0. The number of nitrogens with zero attached hydrogens (tertiary/aromatic N) is 1. The van der Waals surface area contributed by atoms with Crippen LogP contribution < -0.4 is 10.2 Å². The highest BCUT2D eigenvalue weighted by molar-refractivity contribution is 5.47. The predicted molar refractivity (Wildman–Crippen MR) is 86.9 cm³/mol. The van der Waals surface area contributed by atoms with E-state index in [2.05, 4.69) is 48.3 Å². The van der Waals surface area contributed by atoms with E-state index in [1.54, 1.807) is 6.07 Å². The van der Waals surface area contributed by atoms with Crippen LogP contribution >= 0.6 is 0 Å². The van der Waals surface area contributed by atoms with E-state index in [0.717, 1.165) is 19.6 Å². The van der Waals surface area contributed by atoms with Crippen LogP contribution in [0.15, 0.2) is 48.5 Å². The number of benzene rings is 2. The van der Waals surface area contributed by atoms with Crippen molar-refractivity contribution in [2.75, 3.05) is 18.0 Å². The van der Waals surface area contributed by atoms with E-state index in [0.29, 0.717) is 12.1 Å². The number of rotatable bonds is 7. The molecule has 0 aliphatic carbocycles. The number of hydrogen-bond acceptors (Lipinski definition) is 2. The quantitative estimate of drug-likeness (QED) is 0.828. The zero-order valence-corrected chi connectivity index (χ0v) is 12.8. The Morgan fingerprint density at radius 1 is 0.905 bits per heavy atom. The fourth-order valence-electron chi connectivity index (χ4n) is 2.40. The second-order valence-electron chi connectivity index (χ2n) is 5.03. The molecule has 112 valence electrons. The second kappa shape index (κ2) is 7.79. The highest BCUT2D eigenvalue weighted by Crippen LogP contribution is 2.15. The van der Waals surface area contributed by atoms with Crippen molar-refractivity contribution in [3.63, 3.8) is 0 Å². The minimum Gasteiger partial charge on any atom is -0.372 e. The lowest BCUT2D eigenvalue weighted by molar-refractivity contribution is 0.588. The van der Waals surface area contributed by atoms with Crippen LogP contribution in [0.4, 0.5) is 10.1 Å². The maximum Gasteiger partial charge on any atom is 0.127 e. The van der Waals surface area contributed by atoms with E-state index in [4.69, 9.17) is 0 Å². The Bertz CT molecular complexity index is 547. The maximum absolute atomic E-state index is 13.5. The summed E-state index contributed by atoms with van der Waals surface area (Å²) < 4.78 is 13.5. The van der Waals surface area contributed by atoms with Crippen molar-refractivity contribution in [2.45, 2.75) is 26.9 Å².